The van der Waals surface area contributed by atoms with E-state index < -0.39 is 0 Å². The molecule has 0 unspecified atom stereocenters. The van der Waals surface area contributed by atoms with E-state index in [1.807, 2.05) is 19.1 Å². The lowest BCUT2D eigenvalue weighted by molar-refractivity contribution is 0.0542. The fourth-order valence-corrected chi connectivity index (χ4v) is 1.83. The van der Waals surface area contributed by atoms with Gasteiger partial charge in [0.25, 0.3) is 0 Å². The van der Waals surface area contributed by atoms with Gasteiger partial charge >= 0.3 is 0 Å². The molecule has 0 saturated carbocycles. The molecule has 0 aromatic heterocycles. The smallest absolute Gasteiger partial charge is 0.119 e. The molecule has 0 radical (unpaired) electrons. The van der Waals surface area contributed by atoms with Crippen molar-refractivity contribution >= 4 is 0 Å². The number of benzene rings is 1. The van der Waals surface area contributed by atoms with Crippen molar-refractivity contribution in [2.45, 2.75) is 26.1 Å². The summed E-state index contributed by atoms with van der Waals surface area (Å²) in [4.78, 5) is 0. The Balaban J connectivity index is 1.80. The highest BCUT2D eigenvalue weighted by atomic mass is 16.5. The summed E-state index contributed by atoms with van der Waals surface area (Å²) >= 11 is 0. The zero-order valence-electron chi connectivity index (χ0n) is 9.74. The molecule has 16 heavy (non-hydrogen) atoms. The summed E-state index contributed by atoms with van der Waals surface area (Å²) in [7, 11) is 0. The third-order valence-electron chi connectivity index (χ3n) is 2.74. The van der Waals surface area contributed by atoms with E-state index in [-0.39, 0.29) is 0 Å². The SMILES string of the molecule is CCOc1ccc(CO[C@@H]2CCNC2)cc1. The molecule has 1 atom stereocenters. The normalized spacial score (nSPS) is 19.9. The monoisotopic (exact) mass is 221 g/mol. The second-order valence-corrected chi connectivity index (χ2v) is 4.00. The molecule has 1 aliphatic rings. The van der Waals surface area contributed by atoms with Crippen LogP contribution in [0.3, 0.4) is 0 Å². The number of hydrogen-bond donors (Lipinski definition) is 1. The highest BCUT2D eigenvalue weighted by Crippen LogP contribution is 2.14. The van der Waals surface area contributed by atoms with Crippen molar-refractivity contribution in [3.63, 3.8) is 0 Å². The first-order valence-electron chi connectivity index (χ1n) is 5.92. The van der Waals surface area contributed by atoms with E-state index >= 15 is 0 Å². The Morgan fingerprint density at radius 2 is 2.12 bits per heavy atom. The molecule has 1 aromatic rings. The predicted molar refractivity (Wildman–Crippen MR) is 63.7 cm³/mol. The fraction of sp³-hybridized carbons (Fsp3) is 0.538. The molecule has 1 N–H and O–H groups in total. The molecule has 88 valence electrons. The van der Waals surface area contributed by atoms with Crippen molar-refractivity contribution in [2.75, 3.05) is 19.7 Å². The third-order valence-corrected chi connectivity index (χ3v) is 2.74. The second-order valence-electron chi connectivity index (χ2n) is 4.00. The molecule has 2 rings (SSSR count). The van der Waals surface area contributed by atoms with Crippen LogP contribution in [0.2, 0.25) is 0 Å². The van der Waals surface area contributed by atoms with Gasteiger partial charge < -0.3 is 14.8 Å². The minimum absolute atomic E-state index is 0.381. The average molecular weight is 221 g/mol. The molecule has 1 saturated heterocycles. The van der Waals surface area contributed by atoms with E-state index in [1.54, 1.807) is 0 Å². The minimum atomic E-state index is 0.381. The van der Waals surface area contributed by atoms with E-state index in [1.165, 1.54) is 5.56 Å². The molecule has 0 bridgehead atoms. The number of rotatable bonds is 5. The van der Waals surface area contributed by atoms with Gasteiger partial charge in [-0.05, 0) is 37.6 Å². The van der Waals surface area contributed by atoms with Crippen molar-refractivity contribution < 1.29 is 9.47 Å². The Morgan fingerprint density at radius 3 is 2.75 bits per heavy atom. The van der Waals surface area contributed by atoms with Crippen LogP contribution in [-0.4, -0.2) is 25.8 Å². The maximum Gasteiger partial charge on any atom is 0.119 e. The van der Waals surface area contributed by atoms with Crippen molar-refractivity contribution in [3.8, 4) is 5.75 Å². The van der Waals surface area contributed by atoms with Crippen molar-refractivity contribution in [2.24, 2.45) is 0 Å². The van der Waals surface area contributed by atoms with Crippen molar-refractivity contribution in [1.82, 2.24) is 5.32 Å². The van der Waals surface area contributed by atoms with Crippen LogP contribution in [-0.2, 0) is 11.3 Å². The first-order chi connectivity index (χ1) is 7.88. The third kappa shape index (κ3) is 3.22. The molecular formula is C13H19NO2. The molecule has 0 aliphatic carbocycles. The topological polar surface area (TPSA) is 30.5 Å². The summed E-state index contributed by atoms with van der Waals surface area (Å²) in [5, 5.41) is 3.29. The van der Waals surface area contributed by atoms with E-state index in [0.717, 1.165) is 25.3 Å². The standard InChI is InChI=1S/C13H19NO2/c1-2-15-12-5-3-11(4-6-12)10-16-13-7-8-14-9-13/h3-6,13-14H,2,7-10H2,1H3/t13-/m1/s1. The van der Waals surface area contributed by atoms with Crippen LogP contribution in [0, 0.1) is 0 Å². The highest BCUT2D eigenvalue weighted by molar-refractivity contribution is 5.26. The lowest BCUT2D eigenvalue weighted by Crippen LogP contribution is -2.16. The Hall–Kier alpha value is -1.06. The molecule has 1 aromatic carbocycles. The maximum absolute atomic E-state index is 5.79. The van der Waals surface area contributed by atoms with Crippen LogP contribution in [0.1, 0.15) is 18.9 Å². The molecule has 0 spiro atoms. The Morgan fingerprint density at radius 1 is 1.31 bits per heavy atom. The van der Waals surface area contributed by atoms with Crippen LogP contribution in [0.5, 0.6) is 5.75 Å². The Bertz CT molecular complexity index is 304. The molecule has 1 aliphatic heterocycles. The summed E-state index contributed by atoms with van der Waals surface area (Å²) in [6, 6.07) is 8.12. The average Bonchev–Trinajstić information content (AvgIpc) is 2.82. The van der Waals surface area contributed by atoms with Gasteiger partial charge in [-0.2, -0.15) is 0 Å². The second kappa shape index (κ2) is 5.87. The molecule has 3 heteroatoms. The number of hydrogen-bond acceptors (Lipinski definition) is 3. The molecule has 0 amide bonds. The zero-order valence-corrected chi connectivity index (χ0v) is 9.74. The van der Waals surface area contributed by atoms with Crippen LogP contribution in [0.4, 0.5) is 0 Å². The van der Waals surface area contributed by atoms with E-state index in [4.69, 9.17) is 9.47 Å². The largest absolute Gasteiger partial charge is 0.494 e. The number of ether oxygens (including phenoxy) is 2. The summed E-state index contributed by atoms with van der Waals surface area (Å²) in [6.07, 6.45) is 1.50. The summed E-state index contributed by atoms with van der Waals surface area (Å²) in [5.74, 6) is 0.925. The van der Waals surface area contributed by atoms with Crippen LogP contribution < -0.4 is 10.1 Å². The molecule has 1 heterocycles. The van der Waals surface area contributed by atoms with Crippen molar-refractivity contribution in [3.05, 3.63) is 29.8 Å². The quantitative estimate of drug-likeness (QED) is 0.824. The first-order valence-corrected chi connectivity index (χ1v) is 5.92. The van der Waals surface area contributed by atoms with Crippen LogP contribution >= 0.6 is 0 Å². The molecule has 3 nitrogen and oxygen atoms in total. The Kier molecular flexibility index (Phi) is 4.19. The highest BCUT2D eigenvalue weighted by Gasteiger charge is 2.14. The minimum Gasteiger partial charge on any atom is -0.494 e. The van der Waals surface area contributed by atoms with Gasteiger partial charge in [0, 0.05) is 6.54 Å². The fourth-order valence-electron chi connectivity index (χ4n) is 1.83. The maximum atomic E-state index is 5.79. The summed E-state index contributed by atoms with van der Waals surface area (Å²) in [6.45, 7) is 5.46. The Labute approximate surface area is 96.8 Å². The zero-order chi connectivity index (χ0) is 11.2. The predicted octanol–water partition coefficient (Wildman–Crippen LogP) is 1.96. The molecular weight excluding hydrogens is 202 g/mol. The first kappa shape index (κ1) is 11.4. The van der Waals surface area contributed by atoms with Crippen molar-refractivity contribution in [1.29, 1.82) is 0 Å². The number of nitrogens with one attached hydrogen (secondary N) is 1. The van der Waals surface area contributed by atoms with Gasteiger partial charge in [0.15, 0.2) is 0 Å². The van der Waals surface area contributed by atoms with Gasteiger partial charge in [0.05, 0.1) is 19.3 Å². The van der Waals surface area contributed by atoms with E-state index in [9.17, 15) is 0 Å². The van der Waals surface area contributed by atoms with E-state index in [0.29, 0.717) is 19.3 Å². The van der Waals surface area contributed by atoms with Gasteiger partial charge in [-0.15, -0.1) is 0 Å². The van der Waals surface area contributed by atoms with Gasteiger partial charge in [-0.1, -0.05) is 12.1 Å². The van der Waals surface area contributed by atoms with Gasteiger partial charge in [0.1, 0.15) is 5.75 Å². The van der Waals surface area contributed by atoms with Crippen LogP contribution in [0.15, 0.2) is 24.3 Å². The lowest BCUT2D eigenvalue weighted by Gasteiger charge is -2.10. The van der Waals surface area contributed by atoms with E-state index in [2.05, 4.69) is 17.4 Å². The van der Waals surface area contributed by atoms with Gasteiger partial charge in [-0.3, -0.25) is 0 Å². The van der Waals surface area contributed by atoms with Gasteiger partial charge in [-0.25, -0.2) is 0 Å². The van der Waals surface area contributed by atoms with Gasteiger partial charge in [0.2, 0.25) is 0 Å². The summed E-state index contributed by atoms with van der Waals surface area (Å²) < 4.78 is 11.2. The lowest BCUT2D eigenvalue weighted by atomic mass is 10.2. The summed E-state index contributed by atoms with van der Waals surface area (Å²) in [5.41, 5.74) is 1.20. The molecule has 1 fully saturated rings. The van der Waals surface area contributed by atoms with Crippen LogP contribution in [0.25, 0.3) is 0 Å².